The van der Waals surface area contributed by atoms with Crippen molar-refractivity contribution in [1.82, 2.24) is 5.43 Å². The maximum atomic E-state index is 12.1. The van der Waals surface area contributed by atoms with Crippen molar-refractivity contribution in [2.45, 2.75) is 38.5 Å². The Kier molecular flexibility index (Phi) is 5.96. The molecule has 1 saturated carbocycles. The van der Waals surface area contributed by atoms with Gasteiger partial charge in [-0.3, -0.25) is 4.79 Å². The molecular weight excluding hydrogens is 278 g/mol. The Morgan fingerprint density at radius 1 is 1.41 bits per heavy atom. The summed E-state index contributed by atoms with van der Waals surface area (Å²) < 4.78 is 5.07. The van der Waals surface area contributed by atoms with Crippen LogP contribution < -0.4 is 10.2 Å². The van der Waals surface area contributed by atoms with Gasteiger partial charge in [0, 0.05) is 23.6 Å². The summed E-state index contributed by atoms with van der Waals surface area (Å²) in [7, 11) is 1.59. The van der Waals surface area contributed by atoms with Crippen molar-refractivity contribution >= 4 is 11.6 Å². The van der Waals surface area contributed by atoms with Crippen LogP contribution in [0.2, 0.25) is 0 Å². The summed E-state index contributed by atoms with van der Waals surface area (Å²) in [5, 5.41) is 13.0. The SMILES string of the molecule is COc1ccc(C(=O)N/N=C2/CCCC[C@@H]2CCC#N)cc1. The number of ether oxygens (including phenoxy) is 1. The minimum atomic E-state index is -0.222. The first-order chi connectivity index (χ1) is 10.7. The highest BCUT2D eigenvalue weighted by Crippen LogP contribution is 2.25. The van der Waals surface area contributed by atoms with Crippen molar-refractivity contribution in [3.05, 3.63) is 29.8 Å². The molecule has 1 aliphatic rings. The number of rotatable bonds is 5. The molecule has 22 heavy (non-hydrogen) atoms. The monoisotopic (exact) mass is 299 g/mol. The van der Waals surface area contributed by atoms with Gasteiger partial charge in [0.2, 0.25) is 0 Å². The van der Waals surface area contributed by atoms with Gasteiger partial charge in [0.05, 0.1) is 13.2 Å². The van der Waals surface area contributed by atoms with Crippen LogP contribution in [0.15, 0.2) is 29.4 Å². The number of nitriles is 1. The van der Waals surface area contributed by atoms with E-state index in [1.54, 1.807) is 31.4 Å². The molecule has 0 saturated heterocycles. The average molecular weight is 299 g/mol. The molecule has 2 rings (SSSR count). The summed E-state index contributed by atoms with van der Waals surface area (Å²) in [4.78, 5) is 12.1. The lowest BCUT2D eigenvalue weighted by atomic mass is 9.84. The van der Waals surface area contributed by atoms with Gasteiger partial charge in [0.25, 0.3) is 5.91 Å². The number of carbonyl (C=O) groups is 1. The van der Waals surface area contributed by atoms with Crippen molar-refractivity contribution in [3.8, 4) is 11.8 Å². The Morgan fingerprint density at radius 2 is 2.18 bits per heavy atom. The zero-order valence-corrected chi connectivity index (χ0v) is 12.8. The third-order valence-electron chi connectivity index (χ3n) is 3.96. The zero-order chi connectivity index (χ0) is 15.8. The number of carbonyl (C=O) groups excluding carboxylic acids is 1. The smallest absolute Gasteiger partial charge is 0.271 e. The van der Waals surface area contributed by atoms with Crippen LogP contribution in [0.5, 0.6) is 5.75 Å². The quantitative estimate of drug-likeness (QED) is 0.848. The summed E-state index contributed by atoms with van der Waals surface area (Å²) in [5.41, 5.74) is 4.21. The first kappa shape index (κ1) is 16.0. The van der Waals surface area contributed by atoms with Gasteiger partial charge in [-0.25, -0.2) is 5.43 Å². The maximum Gasteiger partial charge on any atom is 0.271 e. The fraction of sp³-hybridized carbons (Fsp3) is 0.471. The van der Waals surface area contributed by atoms with Crippen LogP contribution in [-0.4, -0.2) is 18.7 Å². The summed E-state index contributed by atoms with van der Waals surface area (Å²) >= 11 is 0. The van der Waals surface area contributed by atoms with Crippen LogP contribution in [0.1, 0.15) is 48.9 Å². The summed E-state index contributed by atoms with van der Waals surface area (Å²) in [5.74, 6) is 0.816. The molecule has 0 bridgehead atoms. The van der Waals surface area contributed by atoms with Crippen LogP contribution in [-0.2, 0) is 0 Å². The summed E-state index contributed by atoms with van der Waals surface area (Å²) in [6.07, 6.45) is 5.59. The number of benzene rings is 1. The van der Waals surface area contributed by atoms with Gasteiger partial charge in [0.15, 0.2) is 0 Å². The highest BCUT2D eigenvalue weighted by molar-refractivity contribution is 5.96. The molecule has 1 aromatic carbocycles. The van der Waals surface area contributed by atoms with Crippen molar-refractivity contribution in [2.24, 2.45) is 11.0 Å². The zero-order valence-electron chi connectivity index (χ0n) is 12.8. The minimum Gasteiger partial charge on any atom is -0.497 e. The van der Waals surface area contributed by atoms with E-state index in [4.69, 9.17) is 10.00 Å². The molecular formula is C17H21N3O2. The van der Waals surface area contributed by atoms with Crippen LogP contribution in [0, 0.1) is 17.2 Å². The van der Waals surface area contributed by atoms with Crippen LogP contribution in [0.4, 0.5) is 0 Å². The van der Waals surface area contributed by atoms with E-state index in [2.05, 4.69) is 16.6 Å². The molecule has 1 atom stereocenters. The second-order valence-electron chi connectivity index (χ2n) is 5.41. The highest BCUT2D eigenvalue weighted by atomic mass is 16.5. The molecule has 0 spiro atoms. The fourth-order valence-electron chi connectivity index (χ4n) is 2.69. The predicted molar refractivity (Wildman–Crippen MR) is 84.7 cm³/mol. The fourth-order valence-corrected chi connectivity index (χ4v) is 2.69. The average Bonchev–Trinajstić information content (AvgIpc) is 2.58. The highest BCUT2D eigenvalue weighted by Gasteiger charge is 2.20. The number of hydrogen-bond acceptors (Lipinski definition) is 4. The molecule has 1 fully saturated rings. The largest absolute Gasteiger partial charge is 0.497 e. The number of methoxy groups -OCH3 is 1. The molecule has 1 N–H and O–H groups in total. The number of amides is 1. The van der Waals surface area contributed by atoms with Crippen LogP contribution in [0.25, 0.3) is 0 Å². The maximum absolute atomic E-state index is 12.1. The second-order valence-corrected chi connectivity index (χ2v) is 5.41. The summed E-state index contributed by atoms with van der Waals surface area (Å²) in [6, 6.07) is 9.10. The van der Waals surface area contributed by atoms with Gasteiger partial charge in [-0.1, -0.05) is 6.42 Å². The number of nitrogens with one attached hydrogen (secondary N) is 1. The molecule has 1 amide bonds. The predicted octanol–water partition coefficient (Wildman–Crippen LogP) is 3.27. The summed E-state index contributed by atoms with van der Waals surface area (Å²) in [6.45, 7) is 0. The molecule has 0 aromatic heterocycles. The van der Waals surface area contributed by atoms with E-state index in [9.17, 15) is 4.79 Å². The Balaban J connectivity index is 1.98. The van der Waals surface area contributed by atoms with E-state index < -0.39 is 0 Å². The third kappa shape index (κ3) is 4.32. The van der Waals surface area contributed by atoms with Crippen molar-refractivity contribution in [3.63, 3.8) is 0 Å². The third-order valence-corrected chi connectivity index (χ3v) is 3.96. The Labute approximate surface area is 131 Å². The van der Waals surface area contributed by atoms with E-state index in [-0.39, 0.29) is 5.91 Å². The lowest BCUT2D eigenvalue weighted by Crippen LogP contribution is -2.25. The number of hydrogen-bond donors (Lipinski definition) is 1. The van der Waals surface area contributed by atoms with Crippen molar-refractivity contribution < 1.29 is 9.53 Å². The Morgan fingerprint density at radius 3 is 2.86 bits per heavy atom. The normalized spacial score (nSPS) is 19.5. The van der Waals surface area contributed by atoms with Crippen LogP contribution >= 0.6 is 0 Å². The Bertz CT molecular complexity index is 573. The minimum absolute atomic E-state index is 0.222. The first-order valence-electron chi connectivity index (χ1n) is 7.62. The molecule has 1 aliphatic carbocycles. The van der Waals surface area contributed by atoms with Gasteiger partial charge < -0.3 is 4.74 Å². The number of hydrazone groups is 1. The van der Waals surface area contributed by atoms with E-state index in [1.165, 1.54) is 6.42 Å². The van der Waals surface area contributed by atoms with E-state index >= 15 is 0 Å². The first-order valence-corrected chi connectivity index (χ1v) is 7.62. The molecule has 0 aliphatic heterocycles. The van der Waals surface area contributed by atoms with Crippen molar-refractivity contribution in [1.29, 1.82) is 5.26 Å². The Hall–Kier alpha value is -2.35. The molecule has 5 nitrogen and oxygen atoms in total. The van der Waals surface area contributed by atoms with Crippen LogP contribution in [0.3, 0.4) is 0 Å². The second kappa shape index (κ2) is 8.18. The lowest BCUT2D eigenvalue weighted by molar-refractivity contribution is 0.0954. The lowest BCUT2D eigenvalue weighted by Gasteiger charge is -2.23. The van der Waals surface area contributed by atoms with E-state index in [0.29, 0.717) is 23.7 Å². The standard InChI is InChI=1S/C17H21N3O2/c1-22-15-10-8-14(9-11-15)17(21)20-19-16-7-3-2-5-13(16)6-4-12-18/h8-11,13H,2-7H2,1H3,(H,20,21)/b19-16-/t13-/m1/s1. The molecule has 5 heteroatoms. The van der Waals surface area contributed by atoms with Gasteiger partial charge >= 0.3 is 0 Å². The van der Waals surface area contributed by atoms with Crippen molar-refractivity contribution in [2.75, 3.05) is 7.11 Å². The van der Waals surface area contributed by atoms with Gasteiger partial charge in [0.1, 0.15) is 5.75 Å². The molecule has 0 unspecified atom stereocenters. The molecule has 0 heterocycles. The van der Waals surface area contributed by atoms with E-state index in [0.717, 1.165) is 31.4 Å². The van der Waals surface area contributed by atoms with E-state index in [1.807, 2.05) is 0 Å². The topological polar surface area (TPSA) is 74.5 Å². The molecule has 1 aromatic rings. The van der Waals surface area contributed by atoms with Gasteiger partial charge in [-0.05, 0) is 49.9 Å². The molecule has 116 valence electrons. The number of nitrogens with zero attached hydrogens (tertiary/aromatic N) is 2. The molecule has 0 radical (unpaired) electrons. The van der Waals surface area contributed by atoms with Gasteiger partial charge in [-0.15, -0.1) is 0 Å². The van der Waals surface area contributed by atoms with Gasteiger partial charge in [-0.2, -0.15) is 10.4 Å².